The van der Waals surface area contributed by atoms with Crippen LogP contribution in [0.4, 0.5) is 0 Å². The molecule has 2 saturated heterocycles. The monoisotopic (exact) mass is 282 g/mol. The number of hydrogen-bond donors (Lipinski definition) is 1. The third-order valence-corrected chi connectivity index (χ3v) is 5.07. The van der Waals surface area contributed by atoms with Crippen molar-refractivity contribution in [3.8, 4) is 0 Å². The Hall–Kier alpha value is -0.610. The molecule has 20 heavy (non-hydrogen) atoms. The molecule has 2 heterocycles. The molecule has 0 radical (unpaired) electrons. The summed E-state index contributed by atoms with van der Waals surface area (Å²) in [6.45, 7) is 4.77. The molecule has 2 fully saturated rings. The maximum atomic E-state index is 10.7. The van der Waals surface area contributed by atoms with Gasteiger partial charge in [0.1, 0.15) is 0 Å². The molecule has 0 aromatic heterocycles. The predicted molar refractivity (Wildman–Crippen MR) is 80.9 cm³/mol. The molecule has 0 amide bonds. The fourth-order valence-corrected chi connectivity index (χ4v) is 3.76. The van der Waals surface area contributed by atoms with Crippen LogP contribution < -0.4 is 0 Å². The van der Waals surface area contributed by atoms with Crippen molar-refractivity contribution in [2.45, 2.75) is 57.4 Å². The van der Waals surface area contributed by atoms with Crippen LogP contribution in [0.2, 0.25) is 0 Å². The van der Waals surface area contributed by atoms with Crippen molar-refractivity contribution < 1.29 is 9.90 Å². The first-order chi connectivity index (χ1) is 9.65. The molecule has 4 nitrogen and oxygen atoms in total. The van der Waals surface area contributed by atoms with Gasteiger partial charge < -0.3 is 14.9 Å². The minimum absolute atomic E-state index is 0.337. The van der Waals surface area contributed by atoms with Gasteiger partial charge in [0.2, 0.25) is 0 Å². The number of nitrogens with zero attached hydrogens (tertiary/aromatic N) is 2. The van der Waals surface area contributed by atoms with Crippen LogP contribution >= 0.6 is 0 Å². The highest BCUT2D eigenvalue weighted by Crippen LogP contribution is 2.23. The van der Waals surface area contributed by atoms with E-state index in [4.69, 9.17) is 5.11 Å². The van der Waals surface area contributed by atoms with Crippen molar-refractivity contribution in [3.05, 3.63) is 0 Å². The van der Waals surface area contributed by atoms with Gasteiger partial charge in [-0.05, 0) is 71.1 Å². The van der Waals surface area contributed by atoms with Crippen molar-refractivity contribution in [2.75, 3.05) is 33.2 Å². The number of carbonyl (C=O) groups is 1. The molecule has 0 spiro atoms. The maximum absolute atomic E-state index is 10.7. The SMILES string of the molecule is CN1CCCCC1CCN1CCCC(CCC(=O)O)C1. The predicted octanol–water partition coefficient (Wildman–Crippen LogP) is 2.44. The Morgan fingerprint density at radius 1 is 1.15 bits per heavy atom. The first-order valence-electron chi connectivity index (χ1n) is 8.29. The van der Waals surface area contributed by atoms with E-state index in [9.17, 15) is 4.79 Å². The lowest BCUT2D eigenvalue weighted by atomic mass is 9.92. The zero-order chi connectivity index (χ0) is 14.4. The van der Waals surface area contributed by atoms with Gasteiger partial charge in [0.15, 0.2) is 0 Å². The number of carboxylic acid groups (broad SMARTS) is 1. The van der Waals surface area contributed by atoms with E-state index in [2.05, 4.69) is 16.8 Å². The lowest BCUT2D eigenvalue weighted by Crippen LogP contribution is -2.41. The number of rotatable bonds is 6. The molecule has 0 saturated carbocycles. The fraction of sp³-hybridized carbons (Fsp3) is 0.938. The van der Waals surface area contributed by atoms with Crippen molar-refractivity contribution in [1.29, 1.82) is 0 Å². The average Bonchev–Trinajstić information content (AvgIpc) is 2.45. The van der Waals surface area contributed by atoms with Gasteiger partial charge in [0.25, 0.3) is 0 Å². The minimum Gasteiger partial charge on any atom is -0.481 e. The summed E-state index contributed by atoms with van der Waals surface area (Å²) in [5, 5.41) is 8.79. The number of piperidine rings is 2. The molecule has 2 rings (SSSR count). The molecule has 1 N–H and O–H groups in total. The third kappa shape index (κ3) is 5.06. The molecular weight excluding hydrogens is 252 g/mol. The summed E-state index contributed by atoms with van der Waals surface area (Å²) in [7, 11) is 2.26. The number of hydrogen-bond acceptors (Lipinski definition) is 3. The molecular formula is C16H30N2O2. The van der Waals surface area contributed by atoms with Gasteiger partial charge in [-0.2, -0.15) is 0 Å². The van der Waals surface area contributed by atoms with Gasteiger partial charge in [0, 0.05) is 19.0 Å². The van der Waals surface area contributed by atoms with E-state index in [-0.39, 0.29) is 0 Å². The molecule has 0 aliphatic carbocycles. The summed E-state index contributed by atoms with van der Waals surface area (Å²) in [5.41, 5.74) is 0. The molecule has 2 atom stereocenters. The highest BCUT2D eigenvalue weighted by molar-refractivity contribution is 5.66. The van der Waals surface area contributed by atoms with Crippen molar-refractivity contribution in [1.82, 2.24) is 9.80 Å². The number of aliphatic carboxylic acids is 1. The smallest absolute Gasteiger partial charge is 0.303 e. The number of likely N-dealkylation sites (tertiary alicyclic amines) is 2. The largest absolute Gasteiger partial charge is 0.481 e. The maximum Gasteiger partial charge on any atom is 0.303 e. The van der Waals surface area contributed by atoms with Gasteiger partial charge in [-0.3, -0.25) is 4.79 Å². The van der Waals surface area contributed by atoms with E-state index in [1.807, 2.05) is 0 Å². The van der Waals surface area contributed by atoms with E-state index in [0.717, 1.165) is 19.0 Å². The van der Waals surface area contributed by atoms with E-state index in [1.54, 1.807) is 0 Å². The van der Waals surface area contributed by atoms with Gasteiger partial charge in [0.05, 0.1) is 0 Å². The Kier molecular flexibility index (Phi) is 6.30. The summed E-state index contributed by atoms with van der Waals surface area (Å²) in [6, 6.07) is 0.767. The zero-order valence-corrected chi connectivity index (χ0v) is 12.9. The molecule has 2 aliphatic heterocycles. The average molecular weight is 282 g/mol. The lowest BCUT2D eigenvalue weighted by Gasteiger charge is -2.36. The highest BCUT2D eigenvalue weighted by Gasteiger charge is 2.23. The normalized spacial score (nSPS) is 29.4. The fourth-order valence-electron chi connectivity index (χ4n) is 3.76. The van der Waals surface area contributed by atoms with Gasteiger partial charge in [-0.1, -0.05) is 6.42 Å². The lowest BCUT2D eigenvalue weighted by molar-refractivity contribution is -0.137. The summed E-state index contributed by atoms with van der Waals surface area (Å²) in [6.07, 6.45) is 9.02. The Labute approximate surface area is 123 Å². The zero-order valence-electron chi connectivity index (χ0n) is 12.9. The van der Waals surface area contributed by atoms with Crippen LogP contribution in [0.3, 0.4) is 0 Å². The molecule has 2 aliphatic rings. The standard InChI is InChI=1S/C16H30N2O2/c1-17-10-3-2-6-15(17)9-12-18-11-4-5-14(13-18)7-8-16(19)20/h14-15H,2-13H2,1H3,(H,19,20). The molecule has 2 unspecified atom stereocenters. The minimum atomic E-state index is -0.647. The topological polar surface area (TPSA) is 43.8 Å². The number of carboxylic acids is 1. The Bertz CT molecular complexity index is 309. The molecule has 116 valence electrons. The van der Waals surface area contributed by atoms with Crippen LogP contribution in [0.1, 0.15) is 51.4 Å². The summed E-state index contributed by atoms with van der Waals surface area (Å²) in [5.74, 6) is -0.0464. The summed E-state index contributed by atoms with van der Waals surface area (Å²) >= 11 is 0. The Balaban J connectivity index is 1.68. The van der Waals surface area contributed by atoms with Crippen LogP contribution in [-0.4, -0.2) is 60.1 Å². The second kappa shape index (κ2) is 7.99. The summed E-state index contributed by atoms with van der Waals surface area (Å²) in [4.78, 5) is 15.8. The molecule has 0 bridgehead atoms. The van der Waals surface area contributed by atoms with E-state index >= 15 is 0 Å². The molecule has 4 heteroatoms. The Morgan fingerprint density at radius 2 is 2.00 bits per heavy atom. The van der Waals surface area contributed by atoms with Crippen molar-refractivity contribution >= 4 is 5.97 Å². The molecule has 0 aromatic rings. The van der Waals surface area contributed by atoms with Crippen LogP contribution in [0.15, 0.2) is 0 Å². The summed E-state index contributed by atoms with van der Waals surface area (Å²) < 4.78 is 0. The van der Waals surface area contributed by atoms with Gasteiger partial charge in [-0.15, -0.1) is 0 Å². The van der Waals surface area contributed by atoms with Crippen LogP contribution in [-0.2, 0) is 4.79 Å². The van der Waals surface area contributed by atoms with Crippen LogP contribution in [0, 0.1) is 5.92 Å². The first-order valence-corrected chi connectivity index (χ1v) is 8.29. The Morgan fingerprint density at radius 3 is 2.75 bits per heavy atom. The van der Waals surface area contributed by atoms with Crippen LogP contribution in [0.5, 0.6) is 0 Å². The highest BCUT2D eigenvalue weighted by atomic mass is 16.4. The quantitative estimate of drug-likeness (QED) is 0.812. The third-order valence-electron chi connectivity index (χ3n) is 5.07. The van der Waals surface area contributed by atoms with Gasteiger partial charge >= 0.3 is 5.97 Å². The van der Waals surface area contributed by atoms with Gasteiger partial charge in [-0.25, -0.2) is 0 Å². The second-order valence-electron chi connectivity index (χ2n) is 6.66. The van der Waals surface area contributed by atoms with Crippen molar-refractivity contribution in [3.63, 3.8) is 0 Å². The second-order valence-corrected chi connectivity index (χ2v) is 6.66. The van der Waals surface area contributed by atoms with E-state index in [1.165, 1.54) is 58.2 Å². The van der Waals surface area contributed by atoms with E-state index < -0.39 is 5.97 Å². The van der Waals surface area contributed by atoms with E-state index in [0.29, 0.717) is 12.3 Å². The first kappa shape index (κ1) is 15.8. The van der Waals surface area contributed by atoms with Crippen molar-refractivity contribution in [2.24, 2.45) is 5.92 Å². The van der Waals surface area contributed by atoms with Crippen LogP contribution in [0.25, 0.3) is 0 Å². The molecule has 0 aromatic carbocycles.